The number of hydrogen-bond donors (Lipinski definition) is 1. The minimum Gasteiger partial charge on any atom is -0.494 e. The number of amides is 2. The topological polar surface area (TPSA) is 67.9 Å². The molecule has 0 aliphatic carbocycles. The molecule has 0 bridgehead atoms. The van der Waals surface area contributed by atoms with Crippen LogP contribution in [0.1, 0.15) is 18.1 Å². The highest BCUT2D eigenvalue weighted by Gasteiger charge is 2.32. The van der Waals surface area contributed by atoms with Crippen molar-refractivity contribution in [3.05, 3.63) is 94.9 Å². The van der Waals surface area contributed by atoms with Crippen LogP contribution in [0.15, 0.2) is 83.8 Å². The van der Waals surface area contributed by atoms with Gasteiger partial charge in [0, 0.05) is 11.3 Å². The number of thiocarbonyl (C=S) groups is 1. The molecule has 4 rings (SSSR count). The van der Waals surface area contributed by atoms with Crippen LogP contribution < -0.4 is 14.8 Å². The summed E-state index contributed by atoms with van der Waals surface area (Å²) in [6.45, 7) is 2.74. The van der Waals surface area contributed by atoms with Crippen LogP contribution in [0.25, 0.3) is 6.08 Å². The fourth-order valence-corrected chi connectivity index (χ4v) is 4.66. The molecule has 1 aliphatic rings. The second-order valence-corrected chi connectivity index (χ2v) is 9.26. The quantitative estimate of drug-likeness (QED) is 0.306. The van der Waals surface area contributed by atoms with E-state index in [-0.39, 0.29) is 18.4 Å². The van der Waals surface area contributed by atoms with Gasteiger partial charge in [-0.2, -0.15) is 0 Å². The molecule has 0 aromatic heterocycles. The van der Waals surface area contributed by atoms with Crippen molar-refractivity contribution in [2.24, 2.45) is 0 Å². The zero-order valence-corrected chi connectivity index (χ0v) is 20.7. The summed E-state index contributed by atoms with van der Waals surface area (Å²) in [5, 5.41) is 2.80. The minimum atomic E-state index is -0.293. The average molecular weight is 505 g/mol. The van der Waals surface area contributed by atoms with Gasteiger partial charge in [-0.05, 0) is 48.9 Å². The number of carbonyl (C=O) groups is 2. The van der Waals surface area contributed by atoms with E-state index in [2.05, 4.69) is 5.32 Å². The summed E-state index contributed by atoms with van der Waals surface area (Å²) >= 11 is 6.71. The van der Waals surface area contributed by atoms with E-state index in [4.69, 9.17) is 21.7 Å². The Morgan fingerprint density at radius 2 is 1.71 bits per heavy atom. The van der Waals surface area contributed by atoms with Crippen molar-refractivity contribution >= 4 is 51.9 Å². The fraction of sp³-hybridized carbons (Fsp3) is 0.148. The molecule has 8 heteroatoms. The van der Waals surface area contributed by atoms with Crippen molar-refractivity contribution in [1.29, 1.82) is 0 Å². The molecule has 3 aromatic rings. The Morgan fingerprint density at radius 1 is 1.00 bits per heavy atom. The Kier molecular flexibility index (Phi) is 8.18. The van der Waals surface area contributed by atoms with Crippen LogP contribution in [0, 0.1) is 0 Å². The summed E-state index contributed by atoms with van der Waals surface area (Å²) in [6, 6.07) is 24.1. The molecule has 1 saturated heterocycles. The van der Waals surface area contributed by atoms with Gasteiger partial charge in [0.25, 0.3) is 11.8 Å². The number of nitrogens with one attached hydrogen (secondary N) is 1. The van der Waals surface area contributed by atoms with E-state index >= 15 is 0 Å². The zero-order valence-electron chi connectivity index (χ0n) is 19.1. The Hall–Kier alpha value is -3.62. The molecule has 0 atom stereocenters. The second-order valence-electron chi connectivity index (χ2n) is 7.59. The minimum absolute atomic E-state index is 0.146. The first-order valence-corrected chi connectivity index (χ1v) is 12.3. The molecule has 2 amide bonds. The monoisotopic (exact) mass is 504 g/mol. The molecule has 1 aliphatic heterocycles. The van der Waals surface area contributed by atoms with Gasteiger partial charge in [-0.15, -0.1) is 0 Å². The van der Waals surface area contributed by atoms with Crippen molar-refractivity contribution in [3.63, 3.8) is 0 Å². The van der Waals surface area contributed by atoms with Gasteiger partial charge in [-0.25, -0.2) is 0 Å². The number of anilines is 1. The Bertz CT molecular complexity index is 1240. The number of thioether (sulfide) groups is 1. The Morgan fingerprint density at radius 3 is 2.46 bits per heavy atom. The molecule has 35 heavy (non-hydrogen) atoms. The predicted octanol–water partition coefficient (Wildman–Crippen LogP) is 5.50. The maximum Gasteiger partial charge on any atom is 0.266 e. The largest absolute Gasteiger partial charge is 0.494 e. The van der Waals surface area contributed by atoms with E-state index in [0.717, 1.165) is 11.3 Å². The summed E-state index contributed by atoms with van der Waals surface area (Å²) in [5.74, 6) is 0.803. The lowest BCUT2D eigenvalue weighted by Crippen LogP contribution is -2.27. The van der Waals surface area contributed by atoms with Crippen molar-refractivity contribution in [2.75, 3.05) is 18.5 Å². The van der Waals surface area contributed by atoms with Crippen LogP contribution in [-0.4, -0.2) is 34.2 Å². The van der Waals surface area contributed by atoms with Gasteiger partial charge < -0.3 is 14.8 Å². The normalized spacial score (nSPS) is 14.3. The zero-order chi connectivity index (χ0) is 24.6. The van der Waals surface area contributed by atoms with Crippen molar-refractivity contribution < 1.29 is 19.1 Å². The third-order valence-electron chi connectivity index (χ3n) is 5.07. The highest BCUT2D eigenvalue weighted by atomic mass is 32.2. The van der Waals surface area contributed by atoms with E-state index in [1.807, 2.05) is 55.5 Å². The van der Waals surface area contributed by atoms with Gasteiger partial charge in [0.1, 0.15) is 15.8 Å². The van der Waals surface area contributed by atoms with Gasteiger partial charge in [-0.3, -0.25) is 14.5 Å². The maximum absolute atomic E-state index is 13.0. The van der Waals surface area contributed by atoms with Gasteiger partial charge in [-0.1, -0.05) is 72.5 Å². The van der Waals surface area contributed by atoms with E-state index < -0.39 is 0 Å². The van der Waals surface area contributed by atoms with Crippen LogP contribution in [0.4, 0.5) is 5.69 Å². The summed E-state index contributed by atoms with van der Waals surface area (Å²) in [7, 11) is 0. The van der Waals surface area contributed by atoms with E-state index in [0.29, 0.717) is 39.4 Å². The number of carbonyl (C=O) groups excluding carboxylic acids is 2. The van der Waals surface area contributed by atoms with Gasteiger partial charge in [0.2, 0.25) is 0 Å². The van der Waals surface area contributed by atoms with Crippen LogP contribution in [0.3, 0.4) is 0 Å². The lowest BCUT2D eigenvalue weighted by molar-refractivity contribution is -0.122. The SMILES string of the molecule is CCOc1ccc(NC(=O)COc2ccccc2/C=C2\SC(=S)N(Cc3ccccc3)C2=O)cc1. The summed E-state index contributed by atoms with van der Waals surface area (Å²) in [6.07, 6.45) is 1.75. The standard InChI is InChI=1S/C27H24N2O4S2/c1-2-32-22-14-12-21(13-15-22)28-25(30)18-33-23-11-7-6-10-20(23)16-24-26(31)29(27(34)35-24)17-19-8-4-3-5-9-19/h3-16H,2,17-18H2,1H3,(H,28,30)/b24-16-. The Labute approximate surface area is 213 Å². The molecule has 0 spiro atoms. The van der Waals surface area contributed by atoms with Crippen molar-refractivity contribution in [2.45, 2.75) is 13.5 Å². The maximum atomic E-state index is 13.0. The molecule has 3 aromatic carbocycles. The lowest BCUT2D eigenvalue weighted by Gasteiger charge is -2.14. The predicted molar refractivity (Wildman–Crippen MR) is 143 cm³/mol. The molecule has 6 nitrogen and oxygen atoms in total. The van der Waals surface area contributed by atoms with Crippen LogP contribution >= 0.6 is 24.0 Å². The molecule has 0 radical (unpaired) electrons. The first-order chi connectivity index (χ1) is 17.0. The number of para-hydroxylation sites is 1. The lowest BCUT2D eigenvalue weighted by atomic mass is 10.1. The molecule has 1 fully saturated rings. The summed E-state index contributed by atoms with van der Waals surface area (Å²) in [5.41, 5.74) is 2.35. The van der Waals surface area contributed by atoms with Crippen LogP contribution in [0.2, 0.25) is 0 Å². The van der Waals surface area contributed by atoms with Gasteiger partial charge in [0.15, 0.2) is 6.61 Å². The number of ether oxygens (including phenoxy) is 2. The molecule has 0 saturated carbocycles. The van der Waals surface area contributed by atoms with E-state index in [1.54, 1.807) is 41.3 Å². The molecular weight excluding hydrogens is 480 g/mol. The number of hydrogen-bond acceptors (Lipinski definition) is 6. The molecule has 1 N–H and O–H groups in total. The fourth-order valence-electron chi connectivity index (χ4n) is 3.42. The first kappa shape index (κ1) is 24.5. The highest BCUT2D eigenvalue weighted by molar-refractivity contribution is 8.26. The first-order valence-electron chi connectivity index (χ1n) is 11.1. The number of benzene rings is 3. The van der Waals surface area contributed by atoms with E-state index in [9.17, 15) is 9.59 Å². The third kappa shape index (κ3) is 6.49. The molecule has 178 valence electrons. The van der Waals surface area contributed by atoms with Crippen molar-refractivity contribution in [3.8, 4) is 11.5 Å². The number of nitrogens with zero attached hydrogens (tertiary/aromatic N) is 1. The molecular formula is C27H24N2O4S2. The smallest absolute Gasteiger partial charge is 0.266 e. The Balaban J connectivity index is 1.40. The molecule has 1 heterocycles. The number of rotatable bonds is 9. The summed E-state index contributed by atoms with van der Waals surface area (Å²) in [4.78, 5) is 27.5. The van der Waals surface area contributed by atoms with Gasteiger partial charge in [0.05, 0.1) is 18.1 Å². The van der Waals surface area contributed by atoms with E-state index in [1.165, 1.54) is 11.8 Å². The second kappa shape index (κ2) is 11.7. The molecule has 0 unspecified atom stereocenters. The van der Waals surface area contributed by atoms with Gasteiger partial charge >= 0.3 is 0 Å². The van der Waals surface area contributed by atoms with Crippen LogP contribution in [0.5, 0.6) is 11.5 Å². The third-order valence-corrected chi connectivity index (χ3v) is 6.45. The van der Waals surface area contributed by atoms with Crippen molar-refractivity contribution in [1.82, 2.24) is 4.90 Å². The van der Waals surface area contributed by atoms with Crippen LogP contribution in [-0.2, 0) is 16.1 Å². The highest BCUT2D eigenvalue weighted by Crippen LogP contribution is 2.35. The average Bonchev–Trinajstić information content (AvgIpc) is 3.13. The summed E-state index contributed by atoms with van der Waals surface area (Å²) < 4.78 is 11.7.